The summed E-state index contributed by atoms with van der Waals surface area (Å²) in [6.45, 7) is 10.5. The van der Waals surface area contributed by atoms with E-state index in [9.17, 15) is 37.1 Å². The minimum Gasteiger partial charge on any atom is -0.371 e. The van der Waals surface area contributed by atoms with Gasteiger partial charge in [0.05, 0.1) is 40.2 Å². The Bertz CT molecular complexity index is 2340. The summed E-state index contributed by atoms with van der Waals surface area (Å²) >= 11 is 0. The molecule has 0 saturated carbocycles. The first-order valence-electron chi connectivity index (χ1n) is 22.2. The average Bonchev–Trinajstić information content (AvgIpc) is 3.53. The number of imide groups is 2. The second-order valence-electron chi connectivity index (χ2n) is 18.0. The maximum absolute atomic E-state index is 13.5. The number of rotatable bonds is 10. The van der Waals surface area contributed by atoms with E-state index >= 15 is 0 Å². The number of carbonyl (C=O) groups is 5. The van der Waals surface area contributed by atoms with Crippen molar-refractivity contribution >= 4 is 52.4 Å². The summed E-state index contributed by atoms with van der Waals surface area (Å²) in [7, 11) is 0. The minimum atomic E-state index is -4.62. The van der Waals surface area contributed by atoms with E-state index in [4.69, 9.17) is 5.26 Å². The van der Waals surface area contributed by atoms with E-state index in [0.29, 0.717) is 60.4 Å². The summed E-state index contributed by atoms with van der Waals surface area (Å²) in [6.07, 6.45) is 0.565. The fourth-order valence-electron chi connectivity index (χ4n) is 10.2. The molecule has 5 fully saturated rings. The number of nitriles is 1. The first kappa shape index (κ1) is 43.2. The molecule has 1 unspecified atom stereocenters. The molecule has 9 rings (SSSR count). The van der Waals surface area contributed by atoms with Gasteiger partial charge < -0.3 is 24.9 Å². The van der Waals surface area contributed by atoms with Gasteiger partial charge in [-0.05, 0) is 92.5 Å². The molecule has 336 valence electrons. The molecule has 0 spiro atoms. The molecule has 1 aromatic heterocycles. The normalized spacial score (nSPS) is 22.1. The first-order valence-corrected chi connectivity index (χ1v) is 22.2. The highest BCUT2D eigenvalue weighted by molar-refractivity contribution is 6.23. The predicted molar refractivity (Wildman–Crippen MR) is 231 cm³/mol. The standard InChI is InChI=1S/C46H51F3N10O5/c47-46(48,49)38-22-34(2-1-32(38)23-50)56-15-11-31(12-16-56)42(61)52-40-7-4-35(24-51-40)57-13-9-29(10-14-57)25-55-27-30(28-55)26-54-17-19-58(20-18-54)33-3-5-36-37(21-33)45(64)59(44(36)63)39-6-8-41(60)53-43(39)62/h1-5,7,21-22,24,29-31,39H,6,8-20,25-28H2,(H,51,52,61)(H,53,60,62). The van der Waals surface area contributed by atoms with Crippen LogP contribution in [-0.4, -0.2) is 134 Å². The molecule has 15 nitrogen and oxygen atoms in total. The predicted octanol–water partition coefficient (Wildman–Crippen LogP) is 4.20. The van der Waals surface area contributed by atoms with Gasteiger partial charge in [0, 0.05) is 102 Å². The van der Waals surface area contributed by atoms with Gasteiger partial charge in [-0.2, -0.15) is 18.4 Å². The lowest BCUT2D eigenvalue weighted by molar-refractivity contribution is -0.138. The van der Waals surface area contributed by atoms with E-state index in [1.54, 1.807) is 24.4 Å². The van der Waals surface area contributed by atoms with Gasteiger partial charge >= 0.3 is 6.18 Å². The Morgan fingerprint density at radius 3 is 2.03 bits per heavy atom. The molecule has 3 aromatic rings. The third-order valence-electron chi connectivity index (χ3n) is 13.9. The number of benzene rings is 2. The highest BCUT2D eigenvalue weighted by Crippen LogP contribution is 2.36. The maximum atomic E-state index is 13.5. The number of likely N-dealkylation sites (tertiary alicyclic amines) is 1. The number of anilines is 4. The van der Waals surface area contributed by atoms with Crippen molar-refractivity contribution in [2.24, 2.45) is 17.8 Å². The van der Waals surface area contributed by atoms with E-state index in [-0.39, 0.29) is 24.7 Å². The van der Waals surface area contributed by atoms with Gasteiger partial charge in [-0.1, -0.05) is 0 Å². The molecule has 5 amide bonds. The molecule has 0 bridgehead atoms. The summed E-state index contributed by atoms with van der Waals surface area (Å²) in [5.41, 5.74) is 1.53. The third-order valence-corrected chi connectivity index (χ3v) is 13.9. The molecule has 5 saturated heterocycles. The lowest BCUT2D eigenvalue weighted by atomic mass is 9.92. The Morgan fingerprint density at radius 2 is 1.36 bits per heavy atom. The smallest absolute Gasteiger partial charge is 0.371 e. The van der Waals surface area contributed by atoms with Crippen molar-refractivity contribution in [1.82, 2.24) is 25.0 Å². The van der Waals surface area contributed by atoms with E-state index in [2.05, 4.69) is 35.2 Å². The number of nitrogens with one attached hydrogen (secondary N) is 2. The molecule has 2 aromatic carbocycles. The van der Waals surface area contributed by atoms with Gasteiger partial charge in [0.1, 0.15) is 11.9 Å². The Balaban J connectivity index is 0.661. The summed E-state index contributed by atoms with van der Waals surface area (Å²) in [5.74, 6) is -0.688. The number of nitrogens with zero attached hydrogens (tertiary/aromatic N) is 8. The molecule has 0 radical (unpaired) electrons. The fourth-order valence-corrected chi connectivity index (χ4v) is 10.2. The van der Waals surface area contributed by atoms with Gasteiger partial charge in [0.25, 0.3) is 11.8 Å². The van der Waals surface area contributed by atoms with Crippen molar-refractivity contribution in [1.29, 1.82) is 5.26 Å². The fraction of sp³-hybridized carbons (Fsp3) is 0.500. The number of aromatic nitrogens is 1. The van der Waals surface area contributed by atoms with Crippen LogP contribution in [0.2, 0.25) is 0 Å². The molecule has 7 heterocycles. The first-order chi connectivity index (χ1) is 30.8. The lowest BCUT2D eigenvalue weighted by Gasteiger charge is -2.46. The van der Waals surface area contributed by atoms with Crippen LogP contribution in [0.15, 0.2) is 54.7 Å². The lowest BCUT2D eigenvalue weighted by Crippen LogP contribution is -2.56. The van der Waals surface area contributed by atoms with Gasteiger partial charge in [-0.25, -0.2) is 4.98 Å². The number of piperazine rings is 1. The van der Waals surface area contributed by atoms with Crippen LogP contribution in [0.25, 0.3) is 0 Å². The Morgan fingerprint density at radius 1 is 0.734 bits per heavy atom. The van der Waals surface area contributed by atoms with E-state index in [0.717, 1.165) is 101 Å². The maximum Gasteiger partial charge on any atom is 0.417 e. The largest absolute Gasteiger partial charge is 0.417 e. The quantitative estimate of drug-likeness (QED) is 0.280. The van der Waals surface area contributed by atoms with Gasteiger partial charge in [0.15, 0.2) is 0 Å². The van der Waals surface area contributed by atoms with Crippen molar-refractivity contribution in [2.75, 3.05) is 98.6 Å². The summed E-state index contributed by atoms with van der Waals surface area (Å²) in [4.78, 5) is 80.6. The summed E-state index contributed by atoms with van der Waals surface area (Å²) in [5, 5.41) is 14.3. The monoisotopic (exact) mass is 880 g/mol. The van der Waals surface area contributed by atoms with Gasteiger partial charge in [-0.3, -0.25) is 39.1 Å². The Kier molecular flexibility index (Phi) is 12.0. The van der Waals surface area contributed by atoms with Crippen LogP contribution in [0.5, 0.6) is 0 Å². The topological polar surface area (TPSA) is 166 Å². The molecule has 6 aliphatic heterocycles. The highest BCUT2D eigenvalue weighted by Gasteiger charge is 2.45. The zero-order chi connectivity index (χ0) is 44.7. The van der Waals surface area contributed by atoms with Crippen molar-refractivity contribution < 1.29 is 37.1 Å². The van der Waals surface area contributed by atoms with E-state index in [1.807, 2.05) is 23.1 Å². The highest BCUT2D eigenvalue weighted by atomic mass is 19.4. The molecule has 6 aliphatic rings. The number of carbonyl (C=O) groups excluding carboxylic acids is 5. The average molecular weight is 881 g/mol. The molecular weight excluding hydrogens is 830 g/mol. The van der Waals surface area contributed by atoms with Crippen LogP contribution >= 0.6 is 0 Å². The molecule has 2 N–H and O–H groups in total. The van der Waals surface area contributed by atoms with Crippen LogP contribution in [0, 0.1) is 29.1 Å². The zero-order valence-corrected chi connectivity index (χ0v) is 35.5. The second-order valence-corrected chi connectivity index (χ2v) is 18.0. The van der Waals surface area contributed by atoms with Crippen molar-refractivity contribution in [3.63, 3.8) is 0 Å². The number of alkyl halides is 3. The summed E-state index contributed by atoms with van der Waals surface area (Å²) in [6, 6.07) is 13.5. The van der Waals surface area contributed by atoms with Crippen molar-refractivity contribution in [3.8, 4) is 6.07 Å². The number of hydrogen-bond acceptors (Lipinski definition) is 12. The zero-order valence-electron chi connectivity index (χ0n) is 35.5. The van der Waals surface area contributed by atoms with Crippen LogP contribution in [0.4, 0.5) is 36.1 Å². The van der Waals surface area contributed by atoms with Crippen molar-refractivity contribution in [2.45, 2.75) is 50.7 Å². The minimum absolute atomic E-state index is 0.0869. The Hall–Kier alpha value is -6.06. The van der Waals surface area contributed by atoms with Crippen LogP contribution in [0.1, 0.15) is 70.4 Å². The molecule has 64 heavy (non-hydrogen) atoms. The number of hydrogen-bond donors (Lipinski definition) is 2. The number of amides is 5. The third kappa shape index (κ3) is 9.00. The van der Waals surface area contributed by atoms with Gasteiger partial charge in [0.2, 0.25) is 17.7 Å². The van der Waals surface area contributed by atoms with Crippen LogP contribution < -0.4 is 25.3 Å². The number of fused-ring (bicyclic) bond motifs is 1. The summed E-state index contributed by atoms with van der Waals surface area (Å²) < 4.78 is 40.4. The van der Waals surface area contributed by atoms with E-state index < -0.39 is 47.0 Å². The van der Waals surface area contributed by atoms with Crippen LogP contribution in [-0.2, 0) is 20.6 Å². The SMILES string of the molecule is N#Cc1ccc(N2CCC(C(=O)Nc3ccc(N4CCC(CN5CC(CN6CCN(c7ccc8c(c7)C(=O)N(C7CCC(=O)NC7=O)C8=O)CC6)C5)CC4)cn3)CC2)cc1C(F)(F)F. The van der Waals surface area contributed by atoms with E-state index in [1.165, 1.54) is 12.1 Å². The Labute approximate surface area is 369 Å². The number of halogens is 3. The molecule has 1 atom stereocenters. The molecular formula is C46H51F3N10O5. The van der Waals surface area contributed by atoms with Crippen molar-refractivity contribution in [3.05, 3.63) is 77.0 Å². The number of pyridine rings is 1. The van der Waals surface area contributed by atoms with Gasteiger partial charge in [-0.15, -0.1) is 0 Å². The number of piperidine rings is 3. The second kappa shape index (κ2) is 17.8. The molecule has 18 heteroatoms. The molecule has 0 aliphatic carbocycles. The van der Waals surface area contributed by atoms with Crippen LogP contribution in [0.3, 0.4) is 0 Å².